The monoisotopic (exact) mass is 264 g/mol. The summed E-state index contributed by atoms with van der Waals surface area (Å²) in [7, 11) is 0. The normalized spacial score (nSPS) is 13.5. The van der Waals surface area contributed by atoms with Gasteiger partial charge in [0.05, 0.1) is 12.6 Å². The molecule has 9 heteroatoms. The fraction of sp³-hybridized carbons (Fsp3) is 0.667. The van der Waals surface area contributed by atoms with Gasteiger partial charge in [-0.1, -0.05) is 0 Å². The zero-order chi connectivity index (χ0) is 14.1. The Morgan fingerprint density at radius 3 is 2.33 bits per heavy atom. The van der Waals surface area contributed by atoms with E-state index in [1.807, 2.05) is 5.32 Å². The number of rotatable bonds is 8. The average Bonchev–Trinajstić information content (AvgIpc) is 2.32. The second kappa shape index (κ2) is 8.39. The van der Waals surface area contributed by atoms with Gasteiger partial charge in [-0.15, -0.1) is 0 Å². The van der Waals surface area contributed by atoms with Crippen LogP contribution in [0.2, 0.25) is 0 Å². The molecule has 0 aliphatic heterocycles. The van der Waals surface area contributed by atoms with Crippen molar-refractivity contribution < 1.29 is 34.4 Å². The lowest BCUT2D eigenvalue weighted by Gasteiger charge is -2.15. The van der Waals surface area contributed by atoms with Crippen LogP contribution in [0.5, 0.6) is 0 Å². The maximum atomic E-state index is 11.4. The Kier molecular flexibility index (Phi) is 7.59. The van der Waals surface area contributed by atoms with Crippen LogP contribution >= 0.6 is 0 Å². The molecule has 104 valence electrons. The Hall–Kier alpha value is -1.71. The molecule has 0 aromatic rings. The maximum absolute atomic E-state index is 11.4. The van der Waals surface area contributed by atoms with Gasteiger partial charge in [0.15, 0.2) is 6.79 Å². The molecule has 0 saturated carbocycles. The second-order valence-corrected chi connectivity index (χ2v) is 3.37. The molecule has 0 rings (SSSR count). The molecule has 6 N–H and O–H groups in total. The second-order valence-electron chi connectivity index (χ2n) is 3.37. The largest absolute Gasteiger partial charge is 0.480 e. The number of amides is 1. The number of hydrogen-bond donors (Lipinski definition) is 5. The lowest BCUT2D eigenvalue weighted by atomic mass is 10.1. The molecule has 0 aliphatic carbocycles. The predicted octanol–water partition coefficient (Wildman–Crippen LogP) is -2.85. The van der Waals surface area contributed by atoms with Crippen LogP contribution in [0, 0.1) is 0 Å². The fourth-order valence-electron chi connectivity index (χ4n) is 1.01. The molecule has 2 unspecified atom stereocenters. The van der Waals surface area contributed by atoms with Crippen molar-refractivity contribution in [3.8, 4) is 0 Å². The summed E-state index contributed by atoms with van der Waals surface area (Å²) in [5.41, 5.74) is 5.41. The standard InChI is InChI=1S/C9H16N2O7/c10-5(1-2-7(14)18-4-13)8(15)11-6(3-12)9(16)17/h5-6,12-13H,1-4,10H2,(H,11,15)(H,16,17). The number of carbonyl (C=O) groups is 3. The van der Waals surface area contributed by atoms with E-state index in [0.29, 0.717) is 0 Å². The third kappa shape index (κ3) is 6.13. The minimum Gasteiger partial charge on any atom is -0.480 e. The molecule has 1 amide bonds. The van der Waals surface area contributed by atoms with Gasteiger partial charge >= 0.3 is 11.9 Å². The first kappa shape index (κ1) is 16.3. The highest BCUT2D eigenvalue weighted by Gasteiger charge is 2.22. The zero-order valence-electron chi connectivity index (χ0n) is 9.54. The molecule has 0 saturated heterocycles. The van der Waals surface area contributed by atoms with Crippen LogP contribution in [0.1, 0.15) is 12.8 Å². The highest BCUT2D eigenvalue weighted by molar-refractivity contribution is 5.87. The van der Waals surface area contributed by atoms with Crippen LogP contribution in [-0.4, -0.2) is 58.6 Å². The first-order chi connectivity index (χ1) is 8.42. The molecule has 18 heavy (non-hydrogen) atoms. The predicted molar refractivity (Wildman–Crippen MR) is 57.0 cm³/mol. The highest BCUT2D eigenvalue weighted by Crippen LogP contribution is 1.98. The van der Waals surface area contributed by atoms with Gasteiger partial charge in [0.2, 0.25) is 5.91 Å². The van der Waals surface area contributed by atoms with Gasteiger partial charge in [-0.2, -0.15) is 0 Å². The van der Waals surface area contributed by atoms with Crippen LogP contribution in [-0.2, 0) is 19.1 Å². The van der Waals surface area contributed by atoms with Crippen molar-refractivity contribution in [2.75, 3.05) is 13.4 Å². The molecule has 0 spiro atoms. The summed E-state index contributed by atoms with van der Waals surface area (Å²) < 4.78 is 4.21. The van der Waals surface area contributed by atoms with E-state index in [1.54, 1.807) is 0 Å². The van der Waals surface area contributed by atoms with E-state index in [1.165, 1.54) is 0 Å². The van der Waals surface area contributed by atoms with Gasteiger partial charge in [-0.05, 0) is 6.42 Å². The summed E-state index contributed by atoms with van der Waals surface area (Å²) in [6, 6.07) is -2.54. The maximum Gasteiger partial charge on any atom is 0.328 e. The first-order valence-corrected chi connectivity index (χ1v) is 5.08. The lowest BCUT2D eigenvalue weighted by Crippen LogP contribution is -2.50. The van der Waals surface area contributed by atoms with Gasteiger partial charge in [0.1, 0.15) is 6.04 Å². The number of carbonyl (C=O) groups excluding carboxylic acids is 2. The number of esters is 1. The van der Waals surface area contributed by atoms with Gasteiger partial charge < -0.3 is 31.1 Å². The topological polar surface area (TPSA) is 159 Å². The number of aliphatic hydroxyl groups is 2. The van der Waals surface area contributed by atoms with E-state index in [9.17, 15) is 14.4 Å². The van der Waals surface area contributed by atoms with E-state index in [4.69, 9.17) is 21.1 Å². The Bertz CT molecular complexity index is 307. The minimum absolute atomic E-state index is 0.0670. The Morgan fingerprint density at radius 1 is 1.28 bits per heavy atom. The lowest BCUT2D eigenvalue weighted by molar-refractivity contribution is -0.152. The van der Waals surface area contributed by atoms with E-state index < -0.39 is 43.3 Å². The minimum atomic E-state index is -1.44. The molecule has 0 aromatic carbocycles. The number of hydrogen-bond acceptors (Lipinski definition) is 7. The molecule has 0 aromatic heterocycles. The smallest absolute Gasteiger partial charge is 0.328 e. The zero-order valence-corrected chi connectivity index (χ0v) is 9.54. The molecule has 0 radical (unpaired) electrons. The Balaban J connectivity index is 4.10. The van der Waals surface area contributed by atoms with Crippen molar-refractivity contribution in [1.82, 2.24) is 5.32 Å². The SMILES string of the molecule is NC(CCC(=O)OCO)C(=O)NC(CO)C(=O)O. The van der Waals surface area contributed by atoms with Crippen LogP contribution in [0.4, 0.5) is 0 Å². The third-order valence-corrected chi connectivity index (χ3v) is 2.02. The molecule has 9 nitrogen and oxygen atoms in total. The quantitative estimate of drug-likeness (QED) is 0.231. The number of nitrogens with two attached hydrogens (primary N) is 1. The number of carboxylic acid groups (broad SMARTS) is 1. The van der Waals surface area contributed by atoms with Crippen LogP contribution < -0.4 is 11.1 Å². The molecular formula is C9H16N2O7. The van der Waals surface area contributed by atoms with Crippen molar-refractivity contribution in [1.29, 1.82) is 0 Å². The summed E-state index contributed by atoms with van der Waals surface area (Å²) in [5.74, 6) is -2.91. The molecule has 0 heterocycles. The fourth-order valence-corrected chi connectivity index (χ4v) is 1.01. The van der Waals surface area contributed by atoms with E-state index in [2.05, 4.69) is 4.74 Å². The molecular weight excluding hydrogens is 248 g/mol. The van der Waals surface area contributed by atoms with Crippen LogP contribution in [0.25, 0.3) is 0 Å². The van der Waals surface area contributed by atoms with Crippen LogP contribution in [0.3, 0.4) is 0 Å². The number of aliphatic carboxylic acids is 1. The average molecular weight is 264 g/mol. The number of ether oxygens (including phenoxy) is 1. The van der Waals surface area contributed by atoms with Crippen molar-refractivity contribution in [2.24, 2.45) is 5.73 Å². The van der Waals surface area contributed by atoms with Gasteiger partial charge in [0, 0.05) is 6.42 Å². The third-order valence-electron chi connectivity index (χ3n) is 2.02. The number of nitrogens with one attached hydrogen (secondary N) is 1. The highest BCUT2D eigenvalue weighted by atomic mass is 16.6. The summed E-state index contributed by atoms with van der Waals surface area (Å²) in [5, 5.41) is 27.5. The van der Waals surface area contributed by atoms with Crippen molar-refractivity contribution in [3.63, 3.8) is 0 Å². The molecule has 0 aliphatic rings. The summed E-state index contributed by atoms with van der Waals surface area (Å²) >= 11 is 0. The summed E-state index contributed by atoms with van der Waals surface area (Å²) in [6.45, 7) is -1.52. The van der Waals surface area contributed by atoms with Gasteiger partial charge in [0.25, 0.3) is 0 Å². The number of aliphatic hydroxyl groups excluding tert-OH is 2. The first-order valence-electron chi connectivity index (χ1n) is 5.08. The van der Waals surface area contributed by atoms with Gasteiger partial charge in [-0.3, -0.25) is 9.59 Å². The van der Waals surface area contributed by atoms with Crippen molar-refractivity contribution >= 4 is 17.8 Å². The van der Waals surface area contributed by atoms with Crippen molar-refractivity contribution in [3.05, 3.63) is 0 Å². The van der Waals surface area contributed by atoms with E-state index in [0.717, 1.165) is 0 Å². The molecule has 0 bridgehead atoms. The van der Waals surface area contributed by atoms with Gasteiger partial charge in [-0.25, -0.2) is 4.79 Å². The Morgan fingerprint density at radius 2 is 1.89 bits per heavy atom. The Labute approximate surface area is 103 Å². The van der Waals surface area contributed by atoms with E-state index in [-0.39, 0.29) is 12.8 Å². The van der Waals surface area contributed by atoms with E-state index >= 15 is 0 Å². The summed E-state index contributed by atoms with van der Waals surface area (Å²) in [4.78, 5) is 32.8. The molecule has 0 fully saturated rings. The summed E-state index contributed by atoms with van der Waals surface area (Å²) in [6.07, 6.45) is -0.256. The number of carboxylic acids is 1. The van der Waals surface area contributed by atoms with Crippen LogP contribution in [0.15, 0.2) is 0 Å². The molecule has 2 atom stereocenters. The van der Waals surface area contributed by atoms with Crippen molar-refractivity contribution in [2.45, 2.75) is 24.9 Å².